The molecule has 2 aromatic rings. The molecule has 0 saturated heterocycles. The van der Waals surface area contributed by atoms with Crippen LogP contribution in [0.25, 0.3) is 11.4 Å². The van der Waals surface area contributed by atoms with Crippen molar-refractivity contribution in [1.82, 2.24) is 9.97 Å². The number of aromatic nitrogens is 2. The van der Waals surface area contributed by atoms with Gasteiger partial charge in [-0.3, -0.25) is 4.79 Å². The van der Waals surface area contributed by atoms with E-state index in [9.17, 15) is 4.79 Å². The molecule has 0 atom stereocenters. The Morgan fingerprint density at radius 3 is 2.78 bits per heavy atom. The summed E-state index contributed by atoms with van der Waals surface area (Å²) in [5.41, 5.74) is 1.49. The van der Waals surface area contributed by atoms with Gasteiger partial charge in [0.1, 0.15) is 11.6 Å². The van der Waals surface area contributed by atoms with Gasteiger partial charge >= 0.3 is 0 Å². The number of methoxy groups -OCH3 is 1. The number of H-pyrrole nitrogens is 1. The van der Waals surface area contributed by atoms with Crippen LogP contribution in [0.2, 0.25) is 0 Å². The largest absolute Gasteiger partial charge is 0.496 e. The normalized spacial score (nSPS) is 10.4. The summed E-state index contributed by atoms with van der Waals surface area (Å²) in [7, 11) is 1.61. The summed E-state index contributed by atoms with van der Waals surface area (Å²) >= 11 is 3.41. The minimum Gasteiger partial charge on any atom is -0.496 e. The Morgan fingerprint density at radius 1 is 1.39 bits per heavy atom. The number of aryl methyl sites for hydroxylation is 1. The smallest absolute Gasteiger partial charge is 0.251 e. The van der Waals surface area contributed by atoms with Crippen LogP contribution in [0, 0.1) is 0 Å². The van der Waals surface area contributed by atoms with E-state index in [0.29, 0.717) is 5.82 Å². The van der Waals surface area contributed by atoms with Crippen LogP contribution in [0.5, 0.6) is 5.75 Å². The Morgan fingerprint density at radius 2 is 2.17 bits per heavy atom. The highest BCUT2D eigenvalue weighted by Crippen LogP contribution is 2.28. The first kappa shape index (κ1) is 12.8. The van der Waals surface area contributed by atoms with Crippen LogP contribution in [0.3, 0.4) is 0 Å². The minimum absolute atomic E-state index is 0.135. The highest BCUT2D eigenvalue weighted by molar-refractivity contribution is 9.10. The fourth-order valence-corrected chi connectivity index (χ4v) is 2.18. The van der Waals surface area contributed by atoms with E-state index in [-0.39, 0.29) is 5.56 Å². The lowest BCUT2D eigenvalue weighted by Crippen LogP contribution is -2.09. The van der Waals surface area contributed by atoms with Crippen LogP contribution >= 0.6 is 15.9 Å². The number of hydrogen-bond donors (Lipinski definition) is 1. The lowest BCUT2D eigenvalue weighted by atomic mass is 10.2. The minimum atomic E-state index is -0.135. The fraction of sp³-hybridized carbons (Fsp3) is 0.231. The highest BCUT2D eigenvalue weighted by Gasteiger charge is 2.06. The van der Waals surface area contributed by atoms with Gasteiger partial charge < -0.3 is 9.72 Å². The third-order valence-electron chi connectivity index (χ3n) is 2.58. The molecule has 0 spiro atoms. The molecule has 5 heteroatoms. The van der Waals surface area contributed by atoms with Gasteiger partial charge in [0.05, 0.1) is 11.6 Å². The van der Waals surface area contributed by atoms with Gasteiger partial charge in [-0.05, 0) is 40.5 Å². The summed E-state index contributed by atoms with van der Waals surface area (Å²) in [5.74, 6) is 1.32. The fourth-order valence-electron chi connectivity index (χ4n) is 1.64. The molecule has 0 aliphatic carbocycles. The summed E-state index contributed by atoms with van der Waals surface area (Å²) in [6.45, 7) is 1.97. The zero-order valence-corrected chi connectivity index (χ0v) is 11.7. The number of nitrogens with one attached hydrogen (secondary N) is 1. The Hall–Kier alpha value is -1.62. The summed E-state index contributed by atoms with van der Waals surface area (Å²) in [5, 5.41) is 0. The van der Waals surface area contributed by atoms with Crippen LogP contribution in [0.1, 0.15) is 12.6 Å². The number of aromatic amines is 1. The molecule has 0 saturated carbocycles. The maximum Gasteiger partial charge on any atom is 0.251 e. The van der Waals surface area contributed by atoms with E-state index in [1.807, 2.05) is 25.1 Å². The predicted octanol–water partition coefficient (Wildman–Crippen LogP) is 2.77. The van der Waals surface area contributed by atoms with E-state index in [0.717, 1.165) is 27.9 Å². The van der Waals surface area contributed by atoms with E-state index in [2.05, 4.69) is 25.9 Å². The second kappa shape index (κ2) is 5.35. The number of hydrogen-bond acceptors (Lipinski definition) is 3. The van der Waals surface area contributed by atoms with Crippen molar-refractivity contribution in [3.05, 3.63) is 44.8 Å². The molecule has 2 rings (SSSR count). The van der Waals surface area contributed by atoms with E-state index in [1.54, 1.807) is 7.11 Å². The lowest BCUT2D eigenvalue weighted by Gasteiger charge is -2.06. The molecule has 0 aliphatic rings. The van der Waals surface area contributed by atoms with Crippen molar-refractivity contribution < 1.29 is 4.74 Å². The molecular weight excluding hydrogens is 296 g/mol. The average Bonchev–Trinajstić information content (AvgIpc) is 2.37. The molecule has 0 amide bonds. The molecule has 94 valence electrons. The summed E-state index contributed by atoms with van der Waals surface area (Å²) in [6, 6.07) is 7.08. The van der Waals surface area contributed by atoms with Crippen molar-refractivity contribution in [2.75, 3.05) is 7.11 Å². The van der Waals surface area contributed by atoms with E-state index >= 15 is 0 Å². The molecule has 0 radical (unpaired) electrons. The molecule has 4 nitrogen and oxygen atoms in total. The van der Waals surface area contributed by atoms with Crippen molar-refractivity contribution in [3.8, 4) is 17.1 Å². The lowest BCUT2D eigenvalue weighted by molar-refractivity contribution is 0.412. The molecule has 18 heavy (non-hydrogen) atoms. The van der Waals surface area contributed by atoms with Crippen molar-refractivity contribution in [3.63, 3.8) is 0 Å². The molecule has 0 aliphatic heterocycles. The summed E-state index contributed by atoms with van der Waals surface area (Å²) < 4.78 is 5.99. The van der Waals surface area contributed by atoms with Crippen LogP contribution in [0.4, 0.5) is 0 Å². The van der Waals surface area contributed by atoms with Gasteiger partial charge in [-0.25, -0.2) is 4.98 Å². The third-order valence-corrected chi connectivity index (χ3v) is 3.20. The van der Waals surface area contributed by atoms with Gasteiger partial charge in [-0.1, -0.05) is 6.92 Å². The van der Waals surface area contributed by atoms with Crippen LogP contribution in [-0.2, 0) is 6.42 Å². The quantitative estimate of drug-likeness (QED) is 0.948. The first-order chi connectivity index (χ1) is 8.63. The van der Waals surface area contributed by atoms with E-state index in [1.165, 1.54) is 6.07 Å². The van der Waals surface area contributed by atoms with E-state index < -0.39 is 0 Å². The zero-order chi connectivity index (χ0) is 13.1. The van der Waals surface area contributed by atoms with Gasteiger partial charge in [0.25, 0.3) is 5.56 Å². The molecule has 0 fully saturated rings. The monoisotopic (exact) mass is 308 g/mol. The predicted molar refractivity (Wildman–Crippen MR) is 73.9 cm³/mol. The Balaban J connectivity index is 2.51. The van der Waals surface area contributed by atoms with Crippen molar-refractivity contribution in [2.24, 2.45) is 0 Å². The molecule has 1 aromatic heterocycles. The topological polar surface area (TPSA) is 55.0 Å². The third kappa shape index (κ3) is 2.61. The molecular formula is C13H13BrN2O2. The maximum atomic E-state index is 11.5. The van der Waals surface area contributed by atoms with Crippen LogP contribution < -0.4 is 10.3 Å². The highest BCUT2D eigenvalue weighted by atomic mass is 79.9. The second-order valence-electron chi connectivity index (χ2n) is 3.79. The van der Waals surface area contributed by atoms with Crippen molar-refractivity contribution >= 4 is 15.9 Å². The number of halogens is 1. The first-order valence-corrected chi connectivity index (χ1v) is 6.37. The number of ether oxygens (including phenoxy) is 1. The van der Waals surface area contributed by atoms with Crippen molar-refractivity contribution in [1.29, 1.82) is 0 Å². The SMILES string of the molecule is CCc1cc(=O)[nH]c(-c2ccc(OC)c(Br)c2)n1. The summed E-state index contributed by atoms with van der Waals surface area (Å²) in [4.78, 5) is 18.7. The molecule has 1 aromatic carbocycles. The van der Waals surface area contributed by atoms with Gasteiger partial charge in [-0.15, -0.1) is 0 Å². The maximum absolute atomic E-state index is 11.5. The second-order valence-corrected chi connectivity index (χ2v) is 4.64. The zero-order valence-electron chi connectivity index (χ0n) is 10.2. The Kier molecular flexibility index (Phi) is 3.81. The average molecular weight is 309 g/mol. The molecule has 1 N–H and O–H groups in total. The molecule has 1 heterocycles. The van der Waals surface area contributed by atoms with Crippen molar-refractivity contribution in [2.45, 2.75) is 13.3 Å². The van der Waals surface area contributed by atoms with Gasteiger partial charge in [-0.2, -0.15) is 0 Å². The number of nitrogens with zero attached hydrogens (tertiary/aromatic N) is 1. The Bertz CT molecular complexity index is 623. The van der Waals surface area contributed by atoms with E-state index in [4.69, 9.17) is 4.74 Å². The summed E-state index contributed by atoms with van der Waals surface area (Å²) in [6.07, 6.45) is 0.730. The van der Waals surface area contributed by atoms with Gasteiger partial charge in [0, 0.05) is 17.3 Å². The number of rotatable bonds is 3. The first-order valence-electron chi connectivity index (χ1n) is 5.58. The Labute approximate surface area is 113 Å². The van der Waals surface area contributed by atoms with Crippen LogP contribution in [0.15, 0.2) is 33.5 Å². The van der Waals surface area contributed by atoms with Gasteiger partial charge in [0.15, 0.2) is 0 Å². The standard InChI is InChI=1S/C13H13BrN2O2/c1-3-9-7-12(17)16-13(15-9)8-4-5-11(18-2)10(14)6-8/h4-7H,3H2,1-2H3,(H,15,16,17). The molecule has 0 unspecified atom stereocenters. The molecule has 0 bridgehead atoms. The van der Waals surface area contributed by atoms with Crippen LogP contribution in [-0.4, -0.2) is 17.1 Å². The van der Waals surface area contributed by atoms with Gasteiger partial charge in [0.2, 0.25) is 0 Å². The number of benzene rings is 1.